The molecule has 6 heteroatoms. The summed E-state index contributed by atoms with van der Waals surface area (Å²) in [7, 11) is 1.63. The van der Waals surface area contributed by atoms with Crippen LogP contribution in [0, 0.1) is 0 Å². The summed E-state index contributed by atoms with van der Waals surface area (Å²) in [6, 6.07) is 15.3. The highest BCUT2D eigenvalue weighted by Crippen LogP contribution is 2.26. The minimum absolute atomic E-state index is 0.00984. The Morgan fingerprint density at radius 2 is 2.11 bits per heavy atom. The normalized spacial score (nSPS) is 18.2. The van der Waals surface area contributed by atoms with Crippen molar-refractivity contribution in [3.05, 3.63) is 64.7 Å². The van der Waals surface area contributed by atoms with Gasteiger partial charge in [-0.3, -0.25) is 4.79 Å². The number of benzene rings is 2. The Kier molecular flexibility index (Phi) is 6.72. The van der Waals surface area contributed by atoms with Gasteiger partial charge in [-0.05, 0) is 42.3 Å². The molecule has 2 unspecified atom stereocenters. The first-order valence-corrected chi connectivity index (χ1v) is 9.47. The second-order valence-electron chi connectivity index (χ2n) is 6.61. The summed E-state index contributed by atoms with van der Waals surface area (Å²) in [5, 5.41) is 4.03. The van der Waals surface area contributed by atoms with Crippen LogP contribution in [0.4, 0.5) is 0 Å². The lowest BCUT2D eigenvalue weighted by atomic mass is 10.0. The Hall–Kier alpha value is -2.08. The molecule has 144 valence electrons. The van der Waals surface area contributed by atoms with Crippen molar-refractivity contribution in [3.8, 4) is 5.75 Å². The molecule has 0 saturated carbocycles. The quantitative estimate of drug-likeness (QED) is 0.823. The number of piperazine rings is 1. The van der Waals surface area contributed by atoms with E-state index in [4.69, 9.17) is 21.1 Å². The van der Waals surface area contributed by atoms with Crippen LogP contribution in [0.25, 0.3) is 0 Å². The lowest BCUT2D eigenvalue weighted by Gasteiger charge is -2.38. The Balaban J connectivity index is 1.66. The van der Waals surface area contributed by atoms with Crippen LogP contribution in [0.1, 0.15) is 24.1 Å². The van der Waals surface area contributed by atoms with Crippen molar-refractivity contribution in [2.75, 3.05) is 26.7 Å². The monoisotopic (exact) mass is 388 g/mol. The number of carbonyl (C=O) groups is 1. The van der Waals surface area contributed by atoms with Crippen LogP contribution >= 0.6 is 11.6 Å². The zero-order chi connectivity index (χ0) is 19.2. The first-order chi connectivity index (χ1) is 13.1. The predicted molar refractivity (Wildman–Crippen MR) is 106 cm³/mol. The number of nitrogens with one attached hydrogen (secondary N) is 1. The van der Waals surface area contributed by atoms with Gasteiger partial charge in [0.2, 0.25) is 0 Å². The number of ether oxygens (including phenoxy) is 2. The molecule has 0 radical (unpaired) electrons. The molecular weight excluding hydrogens is 364 g/mol. The van der Waals surface area contributed by atoms with Gasteiger partial charge in [0.1, 0.15) is 11.9 Å². The van der Waals surface area contributed by atoms with E-state index in [2.05, 4.69) is 5.32 Å². The summed E-state index contributed by atoms with van der Waals surface area (Å²) in [6.07, 6.45) is -0.531. The standard InChI is InChI=1S/C21H25ClN2O3/c1-15(27-14-16-5-3-8-19(11-16)26-2)21(25)24-10-9-23-13-20(24)17-6-4-7-18(22)12-17/h3-8,11-12,15,20,23H,9-10,13-14H2,1-2H3. The minimum Gasteiger partial charge on any atom is -0.497 e. The molecule has 5 nitrogen and oxygen atoms in total. The van der Waals surface area contributed by atoms with Crippen LogP contribution in [-0.2, 0) is 16.1 Å². The summed E-state index contributed by atoms with van der Waals surface area (Å²) in [5.41, 5.74) is 2.00. The number of hydrogen-bond acceptors (Lipinski definition) is 4. The van der Waals surface area contributed by atoms with E-state index in [-0.39, 0.29) is 11.9 Å². The maximum absolute atomic E-state index is 13.0. The zero-order valence-electron chi connectivity index (χ0n) is 15.7. The zero-order valence-corrected chi connectivity index (χ0v) is 16.4. The molecule has 2 aromatic carbocycles. The molecule has 0 spiro atoms. The van der Waals surface area contributed by atoms with Crippen LogP contribution in [0.2, 0.25) is 5.02 Å². The highest BCUT2D eigenvalue weighted by molar-refractivity contribution is 6.30. The average Bonchev–Trinajstić information content (AvgIpc) is 2.71. The van der Waals surface area contributed by atoms with Gasteiger partial charge in [0, 0.05) is 24.7 Å². The number of halogens is 1. The maximum Gasteiger partial charge on any atom is 0.252 e. The van der Waals surface area contributed by atoms with E-state index < -0.39 is 6.10 Å². The lowest BCUT2D eigenvalue weighted by Crippen LogP contribution is -2.51. The number of nitrogens with zero attached hydrogens (tertiary/aromatic N) is 1. The van der Waals surface area contributed by atoms with Gasteiger partial charge in [0.15, 0.2) is 0 Å². The van der Waals surface area contributed by atoms with Crippen LogP contribution in [0.3, 0.4) is 0 Å². The SMILES string of the molecule is COc1cccc(COC(C)C(=O)N2CCNCC2c2cccc(Cl)c2)c1. The summed E-state index contributed by atoms with van der Waals surface area (Å²) in [6.45, 7) is 4.28. The Morgan fingerprint density at radius 3 is 2.89 bits per heavy atom. The summed E-state index contributed by atoms with van der Waals surface area (Å²) in [5.74, 6) is 0.766. The van der Waals surface area contributed by atoms with Gasteiger partial charge in [0.05, 0.1) is 19.8 Å². The summed E-state index contributed by atoms with van der Waals surface area (Å²) >= 11 is 6.14. The third-order valence-electron chi connectivity index (χ3n) is 4.74. The molecule has 1 fully saturated rings. The van der Waals surface area contributed by atoms with E-state index in [0.29, 0.717) is 24.7 Å². The van der Waals surface area contributed by atoms with Crippen molar-refractivity contribution in [1.82, 2.24) is 10.2 Å². The van der Waals surface area contributed by atoms with Gasteiger partial charge in [-0.1, -0.05) is 35.9 Å². The second-order valence-corrected chi connectivity index (χ2v) is 7.05. The Bertz CT molecular complexity index is 784. The minimum atomic E-state index is -0.531. The molecule has 0 aliphatic carbocycles. The fourth-order valence-electron chi connectivity index (χ4n) is 3.27. The lowest BCUT2D eigenvalue weighted by molar-refractivity contribution is -0.147. The topological polar surface area (TPSA) is 50.8 Å². The van der Waals surface area contributed by atoms with Crippen molar-refractivity contribution in [3.63, 3.8) is 0 Å². The van der Waals surface area contributed by atoms with Crippen molar-refractivity contribution in [2.45, 2.75) is 25.7 Å². The summed E-state index contributed by atoms with van der Waals surface area (Å²) < 4.78 is 11.1. The van der Waals surface area contributed by atoms with Crippen LogP contribution < -0.4 is 10.1 Å². The van der Waals surface area contributed by atoms with E-state index in [1.165, 1.54) is 0 Å². The number of amides is 1. The van der Waals surface area contributed by atoms with E-state index >= 15 is 0 Å². The molecule has 2 aromatic rings. The van der Waals surface area contributed by atoms with Crippen LogP contribution in [-0.4, -0.2) is 43.7 Å². The van der Waals surface area contributed by atoms with Gasteiger partial charge in [-0.15, -0.1) is 0 Å². The highest BCUT2D eigenvalue weighted by atomic mass is 35.5. The number of rotatable bonds is 6. The Morgan fingerprint density at radius 1 is 1.30 bits per heavy atom. The number of carbonyl (C=O) groups excluding carboxylic acids is 1. The average molecular weight is 389 g/mol. The van der Waals surface area contributed by atoms with Gasteiger partial charge >= 0.3 is 0 Å². The molecule has 2 atom stereocenters. The third-order valence-corrected chi connectivity index (χ3v) is 4.98. The van der Waals surface area contributed by atoms with Gasteiger partial charge in [-0.2, -0.15) is 0 Å². The molecule has 0 aromatic heterocycles. The molecular formula is C21H25ClN2O3. The van der Waals surface area contributed by atoms with E-state index in [1.54, 1.807) is 14.0 Å². The van der Waals surface area contributed by atoms with Gasteiger partial charge < -0.3 is 19.7 Å². The smallest absolute Gasteiger partial charge is 0.252 e. The Labute approximate surface area is 165 Å². The molecule has 1 aliphatic rings. The van der Waals surface area contributed by atoms with Crippen molar-refractivity contribution in [1.29, 1.82) is 0 Å². The van der Waals surface area contributed by atoms with Crippen molar-refractivity contribution < 1.29 is 14.3 Å². The molecule has 3 rings (SSSR count). The van der Waals surface area contributed by atoms with Gasteiger partial charge in [0.25, 0.3) is 5.91 Å². The third kappa shape index (κ3) is 5.01. The summed E-state index contributed by atoms with van der Waals surface area (Å²) in [4.78, 5) is 14.9. The van der Waals surface area contributed by atoms with Crippen molar-refractivity contribution >= 4 is 17.5 Å². The number of hydrogen-bond donors (Lipinski definition) is 1. The van der Waals surface area contributed by atoms with E-state index in [0.717, 1.165) is 23.4 Å². The molecule has 1 amide bonds. The molecule has 1 saturated heterocycles. The van der Waals surface area contributed by atoms with E-state index in [1.807, 2.05) is 53.4 Å². The predicted octanol–water partition coefficient (Wildman–Crippen LogP) is 3.43. The number of methoxy groups -OCH3 is 1. The molecule has 0 bridgehead atoms. The molecule has 1 heterocycles. The first kappa shape index (κ1) is 19.7. The molecule has 1 N–H and O–H groups in total. The second kappa shape index (κ2) is 9.22. The largest absolute Gasteiger partial charge is 0.497 e. The van der Waals surface area contributed by atoms with Crippen molar-refractivity contribution in [2.24, 2.45) is 0 Å². The van der Waals surface area contributed by atoms with E-state index in [9.17, 15) is 4.79 Å². The fraction of sp³-hybridized carbons (Fsp3) is 0.381. The molecule has 27 heavy (non-hydrogen) atoms. The van der Waals surface area contributed by atoms with Crippen LogP contribution in [0.5, 0.6) is 5.75 Å². The van der Waals surface area contributed by atoms with Crippen LogP contribution in [0.15, 0.2) is 48.5 Å². The fourth-order valence-corrected chi connectivity index (χ4v) is 3.47. The molecule has 1 aliphatic heterocycles. The maximum atomic E-state index is 13.0. The highest BCUT2D eigenvalue weighted by Gasteiger charge is 2.31. The van der Waals surface area contributed by atoms with Gasteiger partial charge in [-0.25, -0.2) is 0 Å². The first-order valence-electron chi connectivity index (χ1n) is 9.09.